The van der Waals surface area contributed by atoms with Crippen molar-refractivity contribution in [3.05, 3.63) is 59.9 Å². The first-order valence-corrected chi connectivity index (χ1v) is 9.63. The molecule has 1 aliphatic rings. The molecule has 9 heteroatoms. The Morgan fingerprint density at radius 1 is 1.28 bits per heavy atom. The van der Waals surface area contributed by atoms with Crippen LogP contribution in [-0.4, -0.2) is 35.1 Å². The summed E-state index contributed by atoms with van der Waals surface area (Å²) in [7, 11) is 1.39. The van der Waals surface area contributed by atoms with E-state index >= 15 is 0 Å². The number of nitrogens with zero attached hydrogens (tertiary/aromatic N) is 2. The van der Waals surface area contributed by atoms with Crippen molar-refractivity contribution in [3.8, 4) is 5.75 Å². The monoisotopic (exact) mass is 414 g/mol. The Hall–Kier alpha value is -3.20. The lowest BCUT2D eigenvalue weighted by Crippen LogP contribution is -2.41. The molecule has 0 aliphatic carbocycles. The lowest BCUT2D eigenvalue weighted by atomic mass is 10.1. The number of benzene rings is 2. The van der Waals surface area contributed by atoms with E-state index in [4.69, 9.17) is 4.74 Å². The fourth-order valence-electron chi connectivity index (χ4n) is 2.55. The van der Waals surface area contributed by atoms with E-state index in [0.717, 1.165) is 11.8 Å². The van der Waals surface area contributed by atoms with Crippen molar-refractivity contribution in [2.75, 3.05) is 12.4 Å². The summed E-state index contributed by atoms with van der Waals surface area (Å²) in [6.07, 6.45) is 0.0364. The predicted octanol–water partition coefficient (Wildman–Crippen LogP) is 3.17. The van der Waals surface area contributed by atoms with Gasteiger partial charge in [0.2, 0.25) is 11.8 Å². The molecular formula is C20H19FN4O3S. The number of halogens is 1. The molecule has 0 saturated carbocycles. The number of nitrogens with one attached hydrogen (secondary N) is 2. The van der Waals surface area contributed by atoms with Crippen molar-refractivity contribution in [2.24, 2.45) is 10.2 Å². The average molecular weight is 414 g/mol. The van der Waals surface area contributed by atoms with Crippen molar-refractivity contribution in [2.45, 2.75) is 18.6 Å². The number of carbonyl (C=O) groups excluding carboxylic acids is 2. The lowest BCUT2D eigenvalue weighted by molar-refractivity contribution is -0.123. The zero-order valence-electron chi connectivity index (χ0n) is 15.8. The van der Waals surface area contributed by atoms with Crippen LogP contribution in [-0.2, 0) is 9.59 Å². The van der Waals surface area contributed by atoms with Crippen LogP contribution >= 0.6 is 11.8 Å². The number of para-hydroxylation sites is 1. The van der Waals surface area contributed by atoms with Crippen LogP contribution in [0.1, 0.15) is 18.9 Å². The number of hydrogen-bond donors (Lipinski definition) is 2. The standard InChI is InChI=1S/C20H19FN4O3S/c1-12(13-8-9-16(28-2)15(21)10-13)24-25-20-23-18(26)11-17(29-20)19(27)22-14-6-4-3-5-7-14/h3-10,17H,11H2,1-2H3,(H,22,27)(H,23,25,26)/b24-12-/t17-/m1/s1. The Morgan fingerprint density at radius 2 is 2.03 bits per heavy atom. The average Bonchev–Trinajstić information content (AvgIpc) is 2.72. The van der Waals surface area contributed by atoms with E-state index in [1.54, 1.807) is 25.1 Å². The van der Waals surface area contributed by atoms with E-state index in [9.17, 15) is 14.0 Å². The zero-order valence-corrected chi connectivity index (χ0v) is 16.6. The van der Waals surface area contributed by atoms with Crippen LogP contribution in [0.3, 0.4) is 0 Å². The van der Waals surface area contributed by atoms with Gasteiger partial charge in [0.15, 0.2) is 16.7 Å². The molecule has 1 fully saturated rings. The minimum absolute atomic E-state index is 0.0364. The third kappa shape index (κ3) is 5.41. The van der Waals surface area contributed by atoms with Crippen molar-refractivity contribution in [3.63, 3.8) is 0 Å². The molecule has 0 radical (unpaired) electrons. The first-order chi connectivity index (χ1) is 14.0. The summed E-state index contributed by atoms with van der Waals surface area (Å²) in [5.74, 6) is -0.985. The second-order valence-electron chi connectivity index (χ2n) is 6.15. The highest BCUT2D eigenvalue weighted by atomic mass is 32.2. The van der Waals surface area contributed by atoms with E-state index in [0.29, 0.717) is 17.0 Å². The number of amidine groups is 1. The summed E-state index contributed by atoms with van der Waals surface area (Å²) in [6.45, 7) is 1.67. The SMILES string of the molecule is COc1ccc(/C(C)=N\N=C2\NC(=O)C[C@H](C(=O)Nc3ccccc3)S2)cc1F. The normalized spacial score (nSPS) is 18.3. The number of carbonyl (C=O) groups is 2. The van der Waals surface area contributed by atoms with Gasteiger partial charge < -0.3 is 15.4 Å². The van der Waals surface area contributed by atoms with Crippen LogP contribution in [0.4, 0.5) is 10.1 Å². The molecule has 150 valence electrons. The summed E-state index contributed by atoms with van der Waals surface area (Å²) in [5.41, 5.74) is 1.63. The van der Waals surface area contributed by atoms with Crippen LogP contribution in [0.2, 0.25) is 0 Å². The fourth-order valence-corrected chi connectivity index (χ4v) is 3.48. The second kappa shape index (κ2) is 9.33. The van der Waals surface area contributed by atoms with Gasteiger partial charge in [0, 0.05) is 17.7 Å². The Kier molecular flexibility index (Phi) is 6.61. The molecule has 1 atom stereocenters. The van der Waals surface area contributed by atoms with Gasteiger partial charge in [-0.25, -0.2) is 4.39 Å². The van der Waals surface area contributed by atoms with Crippen molar-refractivity contribution >= 4 is 40.1 Å². The number of amides is 2. The molecule has 2 amide bonds. The molecular weight excluding hydrogens is 395 g/mol. The van der Waals surface area contributed by atoms with Gasteiger partial charge in [-0.3, -0.25) is 9.59 Å². The highest BCUT2D eigenvalue weighted by molar-refractivity contribution is 8.15. The molecule has 1 heterocycles. The van der Waals surface area contributed by atoms with Crippen LogP contribution < -0.4 is 15.4 Å². The summed E-state index contributed by atoms with van der Waals surface area (Å²) >= 11 is 1.11. The third-order valence-corrected chi connectivity index (χ3v) is 5.14. The fraction of sp³-hybridized carbons (Fsp3) is 0.200. The van der Waals surface area contributed by atoms with E-state index in [1.165, 1.54) is 19.2 Å². The summed E-state index contributed by atoms with van der Waals surface area (Å²) < 4.78 is 18.7. The topological polar surface area (TPSA) is 92.2 Å². The lowest BCUT2D eigenvalue weighted by Gasteiger charge is -2.21. The summed E-state index contributed by atoms with van der Waals surface area (Å²) in [5, 5.41) is 13.0. The van der Waals surface area contributed by atoms with Gasteiger partial charge in [0.1, 0.15) is 5.25 Å². The zero-order chi connectivity index (χ0) is 20.8. The Labute approximate surface area is 171 Å². The molecule has 0 aromatic heterocycles. The maximum absolute atomic E-state index is 13.9. The minimum atomic E-state index is -0.628. The third-order valence-electron chi connectivity index (χ3n) is 4.07. The molecule has 0 unspecified atom stereocenters. The number of anilines is 1. The molecule has 1 aliphatic heterocycles. The quantitative estimate of drug-likeness (QED) is 0.581. The van der Waals surface area contributed by atoms with E-state index in [-0.39, 0.29) is 29.2 Å². The molecule has 0 spiro atoms. The van der Waals surface area contributed by atoms with Crippen LogP contribution in [0.5, 0.6) is 5.75 Å². The first-order valence-electron chi connectivity index (χ1n) is 8.75. The van der Waals surface area contributed by atoms with Gasteiger partial charge in [-0.1, -0.05) is 30.0 Å². The highest BCUT2D eigenvalue weighted by Gasteiger charge is 2.30. The van der Waals surface area contributed by atoms with Crippen molar-refractivity contribution in [1.29, 1.82) is 0 Å². The number of thioether (sulfide) groups is 1. The number of methoxy groups -OCH3 is 1. The number of hydrogen-bond acceptors (Lipinski definition) is 6. The Bertz CT molecular complexity index is 979. The summed E-state index contributed by atoms with van der Waals surface area (Å²) in [6, 6.07) is 13.4. The smallest absolute Gasteiger partial charge is 0.238 e. The van der Waals surface area contributed by atoms with E-state index in [1.807, 2.05) is 18.2 Å². The van der Waals surface area contributed by atoms with Gasteiger partial charge in [-0.05, 0) is 37.3 Å². The molecule has 1 saturated heterocycles. The largest absolute Gasteiger partial charge is 0.494 e. The van der Waals surface area contributed by atoms with Crippen LogP contribution in [0.25, 0.3) is 0 Å². The first kappa shape index (κ1) is 20.5. The molecule has 29 heavy (non-hydrogen) atoms. The van der Waals surface area contributed by atoms with E-state index < -0.39 is 11.1 Å². The maximum atomic E-state index is 13.9. The highest BCUT2D eigenvalue weighted by Crippen LogP contribution is 2.23. The van der Waals surface area contributed by atoms with E-state index in [2.05, 4.69) is 20.8 Å². The van der Waals surface area contributed by atoms with Gasteiger partial charge in [-0.15, -0.1) is 5.10 Å². The molecule has 2 aromatic carbocycles. The molecule has 2 N–H and O–H groups in total. The van der Waals surface area contributed by atoms with Crippen LogP contribution in [0.15, 0.2) is 58.7 Å². The molecule has 0 bridgehead atoms. The molecule has 7 nitrogen and oxygen atoms in total. The van der Waals surface area contributed by atoms with Gasteiger partial charge in [-0.2, -0.15) is 5.10 Å². The van der Waals surface area contributed by atoms with Crippen molar-refractivity contribution < 1.29 is 18.7 Å². The summed E-state index contributed by atoms with van der Waals surface area (Å²) in [4.78, 5) is 24.4. The number of rotatable bonds is 5. The second-order valence-corrected chi connectivity index (χ2v) is 7.35. The molecule has 2 aromatic rings. The Balaban J connectivity index is 1.71. The van der Waals surface area contributed by atoms with Crippen molar-refractivity contribution in [1.82, 2.24) is 5.32 Å². The molecule has 3 rings (SSSR count). The van der Waals surface area contributed by atoms with Gasteiger partial charge in [0.25, 0.3) is 0 Å². The van der Waals surface area contributed by atoms with Gasteiger partial charge >= 0.3 is 0 Å². The minimum Gasteiger partial charge on any atom is -0.494 e. The van der Waals surface area contributed by atoms with Crippen LogP contribution in [0, 0.1) is 5.82 Å². The Morgan fingerprint density at radius 3 is 2.72 bits per heavy atom. The maximum Gasteiger partial charge on any atom is 0.238 e. The number of ether oxygens (including phenoxy) is 1. The van der Waals surface area contributed by atoms with Gasteiger partial charge in [0.05, 0.1) is 12.8 Å². The predicted molar refractivity (Wildman–Crippen MR) is 112 cm³/mol.